The number of amides is 1. The minimum Gasteiger partial charge on any atom is -0.375 e. The number of anilines is 1. The van der Waals surface area contributed by atoms with Crippen LogP contribution in [0.2, 0.25) is 0 Å². The summed E-state index contributed by atoms with van der Waals surface area (Å²) in [5.41, 5.74) is 8.48. The Kier molecular flexibility index (Phi) is 4.41. The molecule has 5 nitrogen and oxygen atoms in total. The van der Waals surface area contributed by atoms with Gasteiger partial charge in [0, 0.05) is 5.69 Å². The fraction of sp³-hybridized carbons (Fsp3) is 0.100. The number of carbonyl (C=O) groups excluding carboxylic acids is 1. The summed E-state index contributed by atoms with van der Waals surface area (Å²) in [6, 6.07) is 9.09. The number of rotatable bonds is 3. The van der Waals surface area contributed by atoms with Crippen molar-refractivity contribution >= 4 is 34.6 Å². The largest absolute Gasteiger partial charge is 0.375 e. The first-order chi connectivity index (χ1) is 7.59. The van der Waals surface area contributed by atoms with Crippen molar-refractivity contribution in [3.05, 3.63) is 30.3 Å². The molecule has 0 heterocycles. The second-order valence-corrected chi connectivity index (χ2v) is 3.43. The molecule has 0 saturated carbocycles. The van der Waals surface area contributed by atoms with Crippen LogP contribution in [0.25, 0.3) is 0 Å². The van der Waals surface area contributed by atoms with Gasteiger partial charge < -0.3 is 11.1 Å². The van der Waals surface area contributed by atoms with E-state index in [2.05, 4.69) is 28.1 Å². The summed E-state index contributed by atoms with van der Waals surface area (Å²) in [6.45, 7) is 1.56. The number of nitrogens with zero attached hydrogens (tertiary/aromatic N) is 1. The first-order valence-electron chi connectivity index (χ1n) is 4.55. The summed E-state index contributed by atoms with van der Waals surface area (Å²) in [6.07, 6.45) is 0. The Morgan fingerprint density at radius 3 is 2.56 bits per heavy atom. The minimum absolute atomic E-state index is 0.0202. The zero-order valence-corrected chi connectivity index (χ0v) is 9.54. The molecule has 1 rings (SSSR count). The van der Waals surface area contributed by atoms with Gasteiger partial charge in [-0.25, -0.2) is 0 Å². The number of carbonyl (C=O) groups is 1. The highest BCUT2D eigenvalue weighted by atomic mass is 32.1. The van der Waals surface area contributed by atoms with Crippen molar-refractivity contribution in [2.24, 2.45) is 10.8 Å². The van der Waals surface area contributed by atoms with Crippen molar-refractivity contribution in [1.29, 1.82) is 0 Å². The van der Waals surface area contributed by atoms with Gasteiger partial charge in [-0.3, -0.25) is 10.2 Å². The van der Waals surface area contributed by atoms with Crippen LogP contribution in [0.4, 0.5) is 5.69 Å². The number of para-hydroxylation sites is 1. The molecule has 0 aliphatic carbocycles. The molecule has 6 heteroatoms. The lowest BCUT2D eigenvalue weighted by Gasteiger charge is -2.04. The number of hydrogen-bond acceptors (Lipinski definition) is 3. The lowest BCUT2D eigenvalue weighted by atomic mass is 10.3. The molecular formula is C10H12N4OS. The molecule has 0 bridgehead atoms. The maximum absolute atomic E-state index is 11.6. The van der Waals surface area contributed by atoms with Gasteiger partial charge in [0.15, 0.2) is 5.11 Å². The van der Waals surface area contributed by atoms with E-state index in [-0.39, 0.29) is 16.7 Å². The Morgan fingerprint density at radius 2 is 2.00 bits per heavy atom. The van der Waals surface area contributed by atoms with E-state index in [4.69, 9.17) is 5.73 Å². The molecule has 0 radical (unpaired) electrons. The Bertz CT molecular complexity index is 416. The molecule has 0 fully saturated rings. The molecule has 1 aromatic rings. The normalized spacial score (nSPS) is 10.7. The molecule has 0 unspecified atom stereocenters. The summed E-state index contributed by atoms with van der Waals surface area (Å²) < 4.78 is 0. The van der Waals surface area contributed by atoms with Crippen LogP contribution in [-0.4, -0.2) is 16.7 Å². The lowest BCUT2D eigenvalue weighted by molar-refractivity contribution is -0.110. The summed E-state index contributed by atoms with van der Waals surface area (Å²) in [5.74, 6) is -0.310. The first kappa shape index (κ1) is 12.1. The van der Waals surface area contributed by atoms with E-state index < -0.39 is 0 Å². The molecule has 0 spiro atoms. The third-order valence-corrected chi connectivity index (χ3v) is 1.79. The number of hydrogen-bond donors (Lipinski definition) is 3. The molecule has 0 aliphatic rings. The van der Waals surface area contributed by atoms with Gasteiger partial charge in [0.2, 0.25) is 0 Å². The van der Waals surface area contributed by atoms with Gasteiger partial charge in [0.05, 0.1) is 0 Å². The van der Waals surface area contributed by atoms with Gasteiger partial charge in [-0.15, -0.1) is 0 Å². The average molecular weight is 236 g/mol. The smallest absolute Gasteiger partial charge is 0.271 e. The number of thiocarbonyl (C=S) groups is 1. The third-order valence-electron chi connectivity index (χ3n) is 1.69. The van der Waals surface area contributed by atoms with Gasteiger partial charge in [-0.1, -0.05) is 18.2 Å². The Morgan fingerprint density at radius 1 is 1.38 bits per heavy atom. The molecule has 84 valence electrons. The highest BCUT2D eigenvalue weighted by Crippen LogP contribution is 2.04. The lowest BCUT2D eigenvalue weighted by Crippen LogP contribution is -2.28. The Labute approximate surface area is 98.7 Å². The topological polar surface area (TPSA) is 79.5 Å². The molecule has 4 N–H and O–H groups in total. The number of benzene rings is 1. The van der Waals surface area contributed by atoms with Crippen molar-refractivity contribution in [3.63, 3.8) is 0 Å². The maximum atomic E-state index is 11.6. The van der Waals surface area contributed by atoms with Gasteiger partial charge in [0.25, 0.3) is 5.91 Å². The van der Waals surface area contributed by atoms with Crippen LogP contribution in [0.3, 0.4) is 0 Å². The molecule has 16 heavy (non-hydrogen) atoms. The fourth-order valence-corrected chi connectivity index (χ4v) is 0.978. The van der Waals surface area contributed by atoms with Gasteiger partial charge >= 0.3 is 0 Å². The monoisotopic (exact) mass is 236 g/mol. The molecule has 0 saturated heterocycles. The van der Waals surface area contributed by atoms with Crippen molar-refractivity contribution in [2.75, 3.05) is 5.32 Å². The molecule has 0 atom stereocenters. The molecule has 1 aromatic carbocycles. The zero-order chi connectivity index (χ0) is 12.0. The Hall–Kier alpha value is -1.95. The highest BCUT2D eigenvalue weighted by Gasteiger charge is 2.05. The minimum atomic E-state index is -0.310. The predicted octanol–water partition coefficient (Wildman–Crippen LogP) is 0.834. The van der Waals surface area contributed by atoms with Crippen LogP contribution in [0.15, 0.2) is 35.4 Å². The van der Waals surface area contributed by atoms with E-state index in [1.807, 2.05) is 18.2 Å². The van der Waals surface area contributed by atoms with Gasteiger partial charge in [-0.2, -0.15) is 5.10 Å². The van der Waals surface area contributed by atoms with Crippen molar-refractivity contribution in [1.82, 2.24) is 5.43 Å². The molecule has 0 aromatic heterocycles. The maximum Gasteiger partial charge on any atom is 0.271 e. The summed E-state index contributed by atoms with van der Waals surface area (Å²) in [7, 11) is 0. The SMILES string of the molecule is C/C(=N\NC(N)=S)C(=O)Nc1ccccc1. The van der Waals surface area contributed by atoms with E-state index in [9.17, 15) is 4.79 Å². The summed E-state index contributed by atoms with van der Waals surface area (Å²) in [4.78, 5) is 11.6. The summed E-state index contributed by atoms with van der Waals surface area (Å²) in [5, 5.41) is 6.40. The van der Waals surface area contributed by atoms with Crippen molar-refractivity contribution in [2.45, 2.75) is 6.92 Å². The van der Waals surface area contributed by atoms with E-state index in [0.717, 1.165) is 0 Å². The predicted molar refractivity (Wildman–Crippen MR) is 68.1 cm³/mol. The van der Waals surface area contributed by atoms with E-state index >= 15 is 0 Å². The van der Waals surface area contributed by atoms with Crippen LogP contribution < -0.4 is 16.5 Å². The molecule has 1 amide bonds. The second kappa shape index (κ2) is 5.82. The van der Waals surface area contributed by atoms with Crippen LogP contribution in [0, 0.1) is 0 Å². The standard InChI is InChI=1S/C10H12N4OS/c1-7(13-14-10(11)16)9(15)12-8-5-3-2-4-6-8/h2-6H,1H3,(H,12,15)(H3,11,14,16)/b13-7+. The van der Waals surface area contributed by atoms with Crippen LogP contribution in [0.5, 0.6) is 0 Å². The average Bonchev–Trinajstić information content (AvgIpc) is 2.27. The highest BCUT2D eigenvalue weighted by molar-refractivity contribution is 7.80. The van der Waals surface area contributed by atoms with Crippen molar-refractivity contribution < 1.29 is 4.79 Å². The van der Waals surface area contributed by atoms with Crippen LogP contribution >= 0.6 is 12.2 Å². The van der Waals surface area contributed by atoms with Crippen LogP contribution in [0.1, 0.15) is 6.92 Å². The first-order valence-corrected chi connectivity index (χ1v) is 4.96. The second-order valence-electron chi connectivity index (χ2n) is 2.99. The summed E-state index contributed by atoms with van der Waals surface area (Å²) >= 11 is 4.56. The van der Waals surface area contributed by atoms with E-state index in [1.165, 1.54) is 0 Å². The zero-order valence-electron chi connectivity index (χ0n) is 8.73. The number of nitrogens with two attached hydrogens (primary N) is 1. The molecule has 0 aliphatic heterocycles. The number of hydrazone groups is 1. The quantitative estimate of drug-likeness (QED) is 0.412. The van der Waals surface area contributed by atoms with Gasteiger partial charge in [0.1, 0.15) is 5.71 Å². The number of nitrogens with one attached hydrogen (secondary N) is 2. The fourth-order valence-electron chi connectivity index (χ4n) is 0.933. The molecular weight excluding hydrogens is 224 g/mol. The van der Waals surface area contributed by atoms with Gasteiger partial charge in [-0.05, 0) is 31.3 Å². The van der Waals surface area contributed by atoms with Crippen LogP contribution in [-0.2, 0) is 4.79 Å². The van der Waals surface area contributed by atoms with Crippen molar-refractivity contribution in [3.8, 4) is 0 Å². The van der Waals surface area contributed by atoms with E-state index in [0.29, 0.717) is 5.69 Å². The Balaban J connectivity index is 2.59. The van der Waals surface area contributed by atoms with E-state index in [1.54, 1.807) is 19.1 Å². The third kappa shape index (κ3) is 4.05.